The lowest BCUT2D eigenvalue weighted by Gasteiger charge is -2.23. The van der Waals surface area contributed by atoms with E-state index in [2.05, 4.69) is 10.3 Å². The van der Waals surface area contributed by atoms with Gasteiger partial charge < -0.3 is 19.4 Å². The summed E-state index contributed by atoms with van der Waals surface area (Å²) >= 11 is 12.3. The van der Waals surface area contributed by atoms with E-state index in [1.165, 1.54) is 0 Å². The number of hydrogen-bond acceptors (Lipinski definition) is 4. The fourth-order valence-corrected chi connectivity index (χ4v) is 3.59. The number of methoxy groups -OCH3 is 2. The molecule has 1 N–H and O–H groups in total. The minimum atomic E-state index is -1.05. The predicted octanol–water partition coefficient (Wildman–Crippen LogP) is 3.23. The van der Waals surface area contributed by atoms with E-state index in [-0.39, 0.29) is 5.91 Å². The maximum Gasteiger partial charge on any atom is 0.229 e. The molecule has 1 saturated carbocycles. The van der Waals surface area contributed by atoms with Crippen LogP contribution < -0.4 is 14.8 Å². The third-order valence-corrected chi connectivity index (χ3v) is 5.96. The molecule has 1 amide bonds. The number of ether oxygens (including phenoxy) is 2. The van der Waals surface area contributed by atoms with Gasteiger partial charge in [-0.1, -0.05) is 0 Å². The maximum atomic E-state index is 12.9. The molecule has 1 fully saturated rings. The smallest absolute Gasteiger partial charge is 0.229 e. The molecule has 1 aliphatic carbocycles. The van der Waals surface area contributed by atoms with Gasteiger partial charge in [0.05, 0.1) is 19.6 Å². The maximum absolute atomic E-state index is 12.9. The number of amides is 1. The summed E-state index contributed by atoms with van der Waals surface area (Å²) in [5.41, 5.74) is -0.0505. The van der Waals surface area contributed by atoms with Crippen molar-refractivity contribution in [2.75, 3.05) is 14.2 Å². The number of nitrogens with zero attached hydrogens (tertiary/aromatic N) is 2. The van der Waals surface area contributed by atoms with Gasteiger partial charge in [-0.25, -0.2) is 4.98 Å². The molecule has 2 aromatic rings. The zero-order valence-corrected chi connectivity index (χ0v) is 16.6. The quantitative estimate of drug-likeness (QED) is 0.759. The van der Waals surface area contributed by atoms with E-state index in [4.69, 9.17) is 32.7 Å². The number of alkyl halides is 2. The fraction of sp³-hybridized carbons (Fsp3) is 0.444. The van der Waals surface area contributed by atoms with Crippen LogP contribution in [0.5, 0.6) is 11.5 Å². The second-order valence-electron chi connectivity index (χ2n) is 6.66. The number of carbonyl (C=O) groups is 1. The molecule has 0 bridgehead atoms. The summed E-state index contributed by atoms with van der Waals surface area (Å²) in [4.78, 5) is 17.3. The topological polar surface area (TPSA) is 65.4 Å². The Kier molecular flexibility index (Phi) is 4.84. The number of nitrogens with one attached hydrogen (secondary N) is 1. The average Bonchev–Trinajstić information content (AvgIpc) is 2.92. The largest absolute Gasteiger partial charge is 0.497 e. The SMILES string of the molecule is COc1cc(OC)cc(C(NC(=O)C2(C)CC2(Cl)Cl)c2nccn2C)c1. The van der Waals surface area contributed by atoms with Gasteiger partial charge >= 0.3 is 0 Å². The van der Waals surface area contributed by atoms with E-state index in [1.807, 2.05) is 29.9 Å². The first kappa shape index (κ1) is 18.9. The molecule has 3 rings (SSSR count). The molecule has 8 heteroatoms. The monoisotopic (exact) mass is 397 g/mol. The van der Waals surface area contributed by atoms with Crippen molar-refractivity contribution >= 4 is 29.1 Å². The van der Waals surface area contributed by atoms with Gasteiger partial charge in [-0.05, 0) is 31.0 Å². The van der Waals surface area contributed by atoms with Crippen molar-refractivity contribution in [1.82, 2.24) is 14.9 Å². The molecule has 140 valence electrons. The van der Waals surface area contributed by atoms with Crippen LogP contribution in [0.2, 0.25) is 0 Å². The number of halogens is 2. The van der Waals surface area contributed by atoms with Gasteiger partial charge in [-0.3, -0.25) is 4.79 Å². The molecular formula is C18H21Cl2N3O3. The van der Waals surface area contributed by atoms with Crippen LogP contribution >= 0.6 is 23.2 Å². The molecule has 0 radical (unpaired) electrons. The summed E-state index contributed by atoms with van der Waals surface area (Å²) in [5.74, 6) is 1.69. The van der Waals surface area contributed by atoms with Crippen LogP contribution in [-0.4, -0.2) is 34.0 Å². The molecule has 0 saturated heterocycles. The van der Waals surface area contributed by atoms with Crippen LogP contribution in [0.3, 0.4) is 0 Å². The Balaban J connectivity index is 2.00. The van der Waals surface area contributed by atoms with Gasteiger partial charge in [-0.15, -0.1) is 23.2 Å². The highest BCUT2D eigenvalue weighted by atomic mass is 35.5. The summed E-state index contributed by atoms with van der Waals surface area (Å²) in [6.45, 7) is 1.75. The van der Waals surface area contributed by atoms with E-state index >= 15 is 0 Å². The van der Waals surface area contributed by atoms with Gasteiger partial charge in [0.2, 0.25) is 5.91 Å². The number of rotatable bonds is 6. The zero-order chi connectivity index (χ0) is 19.1. The first-order valence-electron chi connectivity index (χ1n) is 8.11. The second-order valence-corrected chi connectivity index (χ2v) is 8.15. The van der Waals surface area contributed by atoms with Crippen molar-refractivity contribution in [3.8, 4) is 11.5 Å². The van der Waals surface area contributed by atoms with Crippen molar-refractivity contribution in [3.63, 3.8) is 0 Å². The highest BCUT2D eigenvalue weighted by molar-refractivity contribution is 6.53. The normalized spacial score (nSPS) is 21.8. The third-order valence-electron chi connectivity index (χ3n) is 4.86. The number of carbonyl (C=O) groups excluding carboxylic acids is 1. The summed E-state index contributed by atoms with van der Waals surface area (Å²) in [7, 11) is 5.02. The number of imidazole rings is 1. The molecule has 0 spiro atoms. The van der Waals surface area contributed by atoms with Crippen LogP contribution in [-0.2, 0) is 11.8 Å². The Morgan fingerprint density at radius 3 is 2.27 bits per heavy atom. The van der Waals surface area contributed by atoms with E-state index < -0.39 is 15.8 Å². The Morgan fingerprint density at radius 2 is 1.85 bits per heavy atom. The van der Waals surface area contributed by atoms with Crippen LogP contribution in [0, 0.1) is 5.41 Å². The zero-order valence-electron chi connectivity index (χ0n) is 15.0. The fourth-order valence-electron chi connectivity index (χ4n) is 2.88. The highest BCUT2D eigenvalue weighted by Crippen LogP contribution is 2.64. The minimum absolute atomic E-state index is 0.225. The Morgan fingerprint density at radius 1 is 1.27 bits per heavy atom. The Bertz CT molecular complexity index is 815. The lowest BCUT2D eigenvalue weighted by Crippen LogP contribution is -2.37. The number of benzene rings is 1. The molecule has 2 unspecified atom stereocenters. The van der Waals surface area contributed by atoms with E-state index in [0.717, 1.165) is 5.56 Å². The first-order valence-corrected chi connectivity index (χ1v) is 8.86. The number of aryl methyl sites for hydroxylation is 1. The molecule has 1 aromatic carbocycles. The second kappa shape index (κ2) is 6.67. The van der Waals surface area contributed by atoms with Crippen LogP contribution in [0.1, 0.15) is 30.8 Å². The molecule has 1 aliphatic rings. The molecular weight excluding hydrogens is 377 g/mol. The van der Waals surface area contributed by atoms with Crippen molar-refractivity contribution in [3.05, 3.63) is 42.0 Å². The van der Waals surface area contributed by atoms with E-state index in [9.17, 15) is 4.79 Å². The highest BCUT2D eigenvalue weighted by Gasteiger charge is 2.68. The van der Waals surface area contributed by atoms with Crippen molar-refractivity contribution in [1.29, 1.82) is 0 Å². The third kappa shape index (κ3) is 3.23. The molecule has 1 heterocycles. The lowest BCUT2D eigenvalue weighted by atomic mass is 10.0. The molecule has 2 atom stereocenters. The van der Waals surface area contributed by atoms with Crippen molar-refractivity contribution in [2.24, 2.45) is 12.5 Å². The molecule has 26 heavy (non-hydrogen) atoms. The van der Waals surface area contributed by atoms with Gasteiger partial charge in [-0.2, -0.15) is 0 Å². The number of hydrogen-bond donors (Lipinski definition) is 1. The van der Waals surface area contributed by atoms with E-state index in [1.54, 1.807) is 33.4 Å². The van der Waals surface area contributed by atoms with Crippen LogP contribution in [0.25, 0.3) is 0 Å². The minimum Gasteiger partial charge on any atom is -0.497 e. The van der Waals surface area contributed by atoms with Gasteiger partial charge in [0.15, 0.2) is 0 Å². The average molecular weight is 398 g/mol. The number of aromatic nitrogens is 2. The summed E-state index contributed by atoms with van der Waals surface area (Å²) in [6.07, 6.45) is 3.90. The predicted molar refractivity (Wildman–Crippen MR) is 99.9 cm³/mol. The van der Waals surface area contributed by atoms with Crippen LogP contribution in [0.4, 0.5) is 0 Å². The van der Waals surface area contributed by atoms with Gasteiger partial charge in [0.25, 0.3) is 0 Å². The summed E-state index contributed by atoms with van der Waals surface area (Å²) in [6, 6.07) is 4.94. The molecule has 6 nitrogen and oxygen atoms in total. The van der Waals surface area contributed by atoms with E-state index in [0.29, 0.717) is 23.7 Å². The molecule has 0 aliphatic heterocycles. The first-order chi connectivity index (χ1) is 12.2. The van der Waals surface area contributed by atoms with Gasteiger partial charge in [0.1, 0.15) is 27.7 Å². The van der Waals surface area contributed by atoms with Gasteiger partial charge in [0, 0.05) is 25.5 Å². The Labute approximate surface area is 162 Å². The molecule has 1 aromatic heterocycles. The Hall–Kier alpha value is -1.92. The van der Waals surface area contributed by atoms with Crippen molar-refractivity contribution in [2.45, 2.75) is 23.7 Å². The van der Waals surface area contributed by atoms with Crippen LogP contribution in [0.15, 0.2) is 30.6 Å². The summed E-state index contributed by atoms with van der Waals surface area (Å²) in [5, 5.41) is 3.03. The van der Waals surface area contributed by atoms with Crippen molar-refractivity contribution < 1.29 is 14.3 Å². The lowest BCUT2D eigenvalue weighted by molar-refractivity contribution is -0.126. The summed E-state index contributed by atoms with van der Waals surface area (Å²) < 4.78 is 11.5. The standard InChI is InChI=1S/C18H21Cl2N3O3/c1-17(10-18(17,19)20)16(24)22-14(15-21-5-6-23(15)2)11-7-12(25-3)9-13(8-11)26-4/h5-9,14H,10H2,1-4H3,(H,22,24).